The summed E-state index contributed by atoms with van der Waals surface area (Å²) in [6, 6.07) is 0. The number of alkyl halides is 2. The molecule has 14 heteroatoms. The number of aliphatic hydroxyl groups excluding tert-OH is 1. The van der Waals surface area contributed by atoms with Crippen LogP contribution in [0.4, 0.5) is 8.78 Å². The van der Waals surface area contributed by atoms with Crippen molar-refractivity contribution in [3.63, 3.8) is 0 Å². The Morgan fingerprint density at radius 1 is 0.755 bits per heavy atom. The van der Waals surface area contributed by atoms with E-state index in [1.54, 1.807) is 0 Å². The highest BCUT2D eigenvalue weighted by atomic mass is 32.2. The molecule has 1 heterocycles. The summed E-state index contributed by atoms with van der Waals surface area (Å²) in [5, 5.41) is 6.67. The third-order valence-electron chi connectivity index (χ3n) is 16.0. The normalized spacial score (nSPS) is 51.6. The molecule has 292 valence electrons. The van der Waals surface area contributed by atoms with Gasteiger partial charge in [-0.1, -0.05) is 0 Å². The minimum atomic E-state index is -4.12. The average Bonchev–Trinajstić information content (AvgIpc) is 3.47. The van der Waals surface area contributed by atoms with E-state index in [1.807, 2.05) is 0 Å². The maximum absolute atomic E-state index is 14.5. The first-order valence-electron chi connectivity index (χ1n) is 19.9. The van der Waals surface area contributed by atoms with Gasteiger partial charge in [-0.2, -0.15) is 8.78 Å². The summed E-state index contributed by atoms with van der Waals surface area (Å²) >= 11 is 0. The number of esters is 3. The van der Waals surface area contributed by atoms with Gasteiger partial charge in [-0.15, -0.1) is 0 Å². The van der Waals surface area contributed by atoms with E-state index in [9.17, 15) is 37.6 Å². The molecule has 53 heavy (non-hydrogen) atoms. The number of ether oxygens (including phenoxy) is 5. The number of rotatable bonds is 9. The van der Waals surface area contributed by atoms with Crippen LogP contribution in [0.5, 0.6) is 0 Å². The zero-order valence-electron chi connectivity index (χ0n) is 29.9. The number of Topliss-reactive ketones (excluding diaryl/α,β-unsaturated/α-hetero) is 1. The van der Waals surface area contributed by atoms with E-state index in [-0.39, 0.29) is 91.3 Å². The molecule has 13 rings (SSSR count). The molecule has 0 amide bonds. The molecule has 13 aliphatic rings. The maximum Gasteiger partial charge on any atom is 0.405 e. The van der Waals surface area contributed by atoms with Crippen LogP contribution in [0, 0.1) is 64.1 Å². The van der Waals surface area contributed by atoms with Crippen molar-refractivity contribution in [3.8, 4) is 0 Å². The molecule has 9 unspecified atom stereocenters. The fourth-order valence-corrected chi connectivity index (χ4v) is 14.8. The Morgan fingerprint density at radius 2 is 1.25 bits per heavy atom. The molecular weight excluding hydrogens is 714 g/mol. The van der Waals surface area contributed by atoms with Crippen molar-refractivity contribution in [2.75, 3.05) is 13.2 Å². The second-order valence-electron chi connectivity index (χ2n) is 19.3. The predicted molar refractivity (Wildman–Crippen MR) is 182 cm³/mol. The second-order valence-corrected chi connectivity index (χ2v) is 20.5. The molecule has 12 aliphatic carbocycles. The quantitative estimate of drug-likeness (QED) is 0.185. The van der Waals surface area contributed by atoms with Gasteiger partial charge in [0.15, 0.2) is 5.79 Å². The smallest absolute Gasteiger partial charge is 0.405 e. The lowest BCUT2D eigenvalue weighted by atomic mass is 9.48. The largest absolute Gasteiger partial charge is 0.462 e. The van der Waals surface area contributed by atoms with Crippen molar-refractivity contribution in [2.24, 2.45) is 64.1 Å². The van der Waals surface area contributed by atoms with Crippen molar-refractivity contribution in [1.82, 2.24) is 0 Å². The van der Waals surface area contributed by atoms with Crippen LogP contribution < -0.4 is 0 Å². The molecule has 0 radical (unpaired) electrons. The highest BCUT2D eigenvalue weighted by Gasteiger charge is 2.70. The van der Waals surface area contributed by atoms with Gasteiger partial charge in [0.1, 0.15) is 36.8 Å². The van der Waals surface area contributed by atoms with Gasteiger partial charge in [0.25, 0.3) is 0 Å². The van der Waals surface area contributed by atoms with Gasteiger partial charge in [-0.3, -0.25) is 14.4 Å². The van der Waals surface area contributed by atoms with Gasteiger partial charge < -0.3 is 33.3 Å². The third kappa shape index (κ3) is 5.26. The van der Waals surface area contributed by atoms with Gasteiger partial charge in [0.05, 0.1) is 16.9 Å². The first-order chi connectivity index (χ1) is 25.1. The highest BCUT2D eigenvalue weighted by molar-refractivity contribution is 8.10. The fourth-order valence-electron chi connectivity index (χ4n) is 14.5. The fraction of sp³-hybridized carbons (Fsp3) is 0.872. The SMILES string of the molecule is C=S(O)C(F)(F)C(=O)OC12CC3CC(C1)C1(OC(COC(=O)C45CC6CC(C4)C(=O)C(C6)C5)C(COC(=O)C45CC6CC(C4)C(O)C(C6)C5)O1)C(C3)C2. The average molecular weight is 765 g/mol. The van der Waals surface area contributed by atoms with Crippen LogP contribution in [0.1, 0.15) is 96.3 Å². The van der Waals surface area contributed by atoms with Gasteiger partial charge in [0, 0.05) is 34.4 Å². The number of hydrogen-bond donors (Lipinski definition) is 2. The Labute approximate surface area is 309 Å². The van der Waals surface area contributed by atoms with Crippen LogP contribution in [0.15, 0.2) is 0 Å². The lowest BCUT2D eigenvalue weighted by Gasteiger charge is -2.62. The maximum atomic E-state index is 14.5. The molecule has 0 aromatic heterocycles. The minimum Gasteiger partial charge on any atom is -0.462 e. The highest BCUT2D eigenvalue weighted by Crippen LogP contribution is 2.66. The summed E-state index contributed by atoms with van der Waals surface area (Å²) in [6.07, 6.45) is 7.60. The van der Waals surface area contributed by atoms with E-state index in [0.717, 1.165) is 38.5 Å². The molecular formula is C39H50F2O11S. The molecule has 11 nitrogen and oxygen atoms in total. The third-order valence-corrected chi connectivity index (χ3v) is 16.8. The van der Waals surface area contributed by atoms with Crippen LogP contribution >= 0.6 is 10.8 Å². The molecule has 2 N–H and O–H groups in total. The van der Waals surface area contributed by atoms with Crippen molar-refractivity contribution in [1.29, 1.82) is 0 Å². The molecule has 12 saturated carbocycles. The van der Waals surface area contributed by atoms with E-state index in [0.29, 0.717) is 56.8 Å². The summed E-state index contributed by atoms with van der Waals surface area (Å²) in [7, 11) is -2.73. The number of halogens is 2. The Bertz CT molecular complexity index is 1600. The number of carbonyl (C=O) groups is 4. The van der Waals surface area contributed by atoms with Gasteiger partial charge in [-0.25, -0.2) is 4.79 Å². The van der Waals surface area contributed by atoms with Crippen LogP contribution in [0.3, 0.4) is 0 Å². The lowest BCUT2D eigenvalue weighted by molar-refractivity contribution is -0.326. The Kier molecular flexibility index (Phi) is 7.86. The second kappa shape index (κ2) is 11.8. The monoisotopic (exact) mass is 764 g/mol. The van der Waals surface area contributed by atoms with Crippen LogP contribution in [0.2, 0.25) is 0 Å². The Morgan fingerprint density at radius 3 is 1.77 bits per heavy atom. The Hall–Kier alpha value is -2.00. The molecule has 0 aromatic rings. The summed E-state index contributed by atoms with van der Waals surface area (Å²) in [5.41, 5.74) is -2.47. The number of carbonyl (C=O) groups excluding carboxylic acids is 4. The van der Waals surface area contributed by atoms with Crippen LogP contribution in [0.25, 0.3) is 0 Å². The molecule has 13 fully saturated rings. The molecule has 1 spiro atoms. The van der Waals surface area contributed by atoms with Crippen molar-refractivity contribution in [3.05, 3.63) is 0 Å². The van der Waals surface area contributed by atoms with E-state index < -0.39 is 56.4 Å². The summed E-state index contributed by atoms with van der Waals surface area (Å²) in [4.78, 5) is 53.4. The first-order valence-corrected chi connectivity index (χ1v) is 21.2. The zero-order chi connectivity index (χ0) is 36.9. The summed E-state index contributed by atoms with van der Waals surface area (Å²) in [5.74, 6) is -0.0847. The Balaban J connectivity index is 0.880. The number of hydrogen-bond acceptors (Lipinski definition) is 11. The van der Waals surface area contributed by atoms with Crippen molar-refractivity contribution in [2.45, 2.75) is 131 Å². The van der Waals surface area contributed by atoms with Crippen molar-refractivity contribution < 1.29 is 61.3 Å². The van der Waals surface area contributed by atoms with Gasteiger partial charge in [0.2, 0.25) is 0 Å². The summed E-state index contributed by atoms with van der Waals surface area (Å²) in [6.45, 7) is -0.240. The van der Waals surface area contributed by atoms with Crippen LogP contribution in [-0.2, 0) is 42.9 Å². The molecule has 1 saturated heterocycles. The van der Waals surface area contributed by atoms with E-state index in [2.05, 4.69) is 5.87 Å². The lowest BCUT2D eigenvalue weighted by Crippen LogP contribution is -2.65. The van der Waals surface area contributed by atoms with Crippen molar-refractivity contribution >= 4 is 40.3 Å². The summed E-state index contributed by atoms with van der Waals surface area (Å²) < 4.78 is 70.0. The first kappa shape index (κ1) is 35.4. The van der Waals surface area contributed by atoms with E-state index in [1.165, 1.54) is 0 Å². The van der Waals surface area contributed by atoms with Gasteiger partial charge in [-0.05, 0) is 132 Å². The topological polar surface area (TPSA) is 155 Å². The molecule has 9 atom stereocenters. The standard InChI is InChI=1S/C39H50F2O11S/c1-53(47)39(40,41)34(46)52-37-10-21-6-26(15-37)38(27(7-21)16-37)50-28(17-48-32(44)35-8-19-2-22(11-35)30(42)23(3-19)12-35)29(51-38)18-49-33(45)36-9-20-4-24(13-36)31(43)25(5-20)14-36/h19-30,42,47H,1-18H2. The van der Waals surface area contributed by atoms with E-state index >= 15 is 0 Å². The molecule has 0 aromatic carbocycles. The van der Waals surface area contributed by atoms with E-state index in [4.69, 9.17) is 23.7 Å². The molecule has 12 bridgehead atoms. The number of aliphatic hydroxyl groups is 1. The van der Waals surface area contributed by atoms with Gasteiger partial charge >= 0.3 is 23.2 Å². The number of ketones is 1. The minimum absolute atomic E-state index is 0.0901. The molecule has 1 aliphatic heterocycles. The van der Waals surface area contributed by atoms with Crippen LogP contribution in [-0.4, -0.2) is 87.4 Å². The zero-order valence-corrected chi connectivity index (χ0v) is 30.7. The predicted octanol–water partition coefficient (Wildman–Crippen LogP) is 5.02.